The summed E-state index contributed by atoms with van der Waals surface area (Å²) in [4.78, 5) is 16.8. The average molecular weight is 346 g/mol. The fraction of sp³-hybridized carbons (Fsp3) is 0.611. The molecule has 1 aliphatic rings. The van der Waals surface area contributed by atoms with Crippen LogP contribution in [0.3, 0.4) is 0 Å². The van der Waals surface area contributed by atoms with Crippen molar-refractivity contribution >= 4 is 5.91 Å². The zero-order valence-corrected chi connectivity index (χ0v) is 15.2. The number of imidazole rings is 1. The lowest BCUT2D eigenvalue weighted by Gasteiger charge is -2.23. The Morgan fingerprint density at radius 2 is 2.08 bits per heavy atom. The average Bonchev–Trinajstić information content (AvgIpc) is 3.13. The second-order valence-corrected chi connectivity index (χ2v) is 6.63. The summed E-state index contributed by atoms with van der Waals surface area (Å²) in [6.07, 6.45) is 4.23. The molecule has 0 bridgehead atoms. The number of hydrogen-bond acceptors (Lipinski definition) is 5. The summed E-state index contributed by atoms with van der Waals surface area (Å²) in [6.45, 7) is 8.64. The molecule has 0 atom stereocenters. The highest BCUT2D eigenvalue weighted by atomic mass is 16.5. The zero-order chi connectivity index (χ0) is 17.8. The molecule has 1 saturated heterocycles. The van der Waals surface area contributed by atoms with Crippen LogP contribution in [0.5, 0.6) is 0 Å². The first kappa shape index (κ1) is 17.7. The predicted octanol–water partition coefficient (Wildman–Crippen LogP) is 2.05. The minimum atomic E-state index is -0.0141. The van der Waals surface area contributed by atoms with Crippen LogP contribution >= 0.6 is 0 Å². The normalized spacial score (nSPS) is 15.5. The lowest BCUT2D eigenvalue weighted by molar-refractivity contribution is -0.120. The van der Waals surface area contributed by atoms with Gasteiger partial charge in [-0.1, -0.05) is 5.16 Å². The number of aryl methyl sites for hydroxylation is 3. The lowest BCUT2D eigenvalue weighted by Crippen LogP contribution is -2.30. The smallest absolute Gasteiger partial charge is 0.224 e. The third-order valence-corrected chi connectivity index (χ3v) is 4.85. The molecule has 3 heterocycles. The molecule has 2 aromatic heterocycles. The lowest BCUT2D eigenvalue weighted by atomic mass is 9.99. The molecule has 2 aromatic rings. The number of ether oxygens (including phenoxy) is 1. The Bertz CT molecular complexity index is 709. The first-order chi connectivity index (χ1) is 12.1. The van der Waals surface area contributed by atoms with Crippen LogP contribution < -0.4 is 5.32 Å². The first-order valence-corrected chi connectivity index (χ1v) is 8.84. The molecule has 1 aliphatic heterocycles. The molecule has 25 heavy (non-hydrogen) atoms. The van der Waals surface area contributed by atoms with Crippen LogP contribution in [0.1, 0.15) is 47.3 Å². The molecule has 136 valence electrons. The van der Waals surface area contributed by atoms with Crippen LogP contribution in [0.25, 0.3) is 0 Å². The number of rotatable bonds is 6. The molecule has 0 aliphatic carbocycles. The number of nitrogens with one attached hydrogen (secondary N) is 1. The van der Waals surface area contributed by atoms with Gasteiger partial charge >= 0.3 is 0 Å². The van der Waals surface area contributed by atoms with E-state index in [1.165, 1.54) is 0 Å². The quantitative estimate of drug-likeness (QED) is 0.866. The molecular weight excluding hydrogens is 320 g/mol. The third-order valence-electron chi connectivity index (χ3n) is 4.85. The summed E-state index contributed by atoms with van der Waals surface area (Å²) < 4.78 is 12.8. The van der Waals surface area contributed by atoms with E-state index in [0.29, 0.717) is 24.6 Å². The van der Waals surface area contributed by atoms with E-state index in [2.05, 4.69) is 26.9 Å². The van der Waals surface area contributed by atoms with Crippen molar-refractivity contribution in [3.63, 3.8) is 0 Å². The SMILES string of the molecule is Cc1noc(C)c1CC(=O)NCCn1c(C)cnc1C1CCOCC1. The van der Waals surface area contributed by atoms with Gasteiger partial charge in [-0.25, -0.2) is 4.98 Å². The number of carbonyl (C=O) groups is 1. The minimum Gasteiger partial charge on any atom is -0.381 e. The molecule has 0 radical (unpaired) electrons. The molecule has 1 fully saturated rings. The van der Waals surface area contributed by atoms with Crippen LogP contribution in [-0.2, 0) is 22.5 Å². The Kier molecular flexibility index (Phi) is 5.53. The maximum Gasteiger partial charge on any atom is 0.224 e. The van der Waals surface area contributed by atoms with Gasteiger partial charge in [-0.15, -0.1) is 0 Å². The maximum absolute atomic E-state index is 12.2. The molecule has 7 heteroatoms. The van der Waals surface area contributed by atoms with Crippen molar-refractivity contribution in [2.24, 2.45) is 0 Å². The number of aromatic nitrogens is 3. The second-order valence-electron chi connectivity index (χ2n) is 6.63. The Balaban J connectivity index is 1.55. The van der Waals surface area contributed by atoms with Crippen molar-refractivity contribution in [2.75, 3.05) is 19.8 Å². The van der Waals surface area contributed by atoms with Crippen molar-refractivity contribution < 1.29 is 14.1 Å². The van der Waals surface area contributed by atoms with Gasteiger partial charge in [0.15, 0.2) is 0 Å². The largest absolute Gasteiger partial charge is 0.381 e. The fourth-order valence-electron chi connectivity index (χ4n) is 3.34. The van der Waals surface area contributed by atoms with Crippen molar-refractivity contribution in [1.29, 1.82) is 0 Å². The highest BCUT2D eigenvalue weighted by molar-refractivity contribution is 5.78. The monoisotopic (exact) mass is 346 g/mol. The first-order valence-electron chi connectivity index (χ1n) is 8.84. The van der Waals surface area contributed by atoms with Crippen molar-refractivity contribution in [2.45, 2.75) is 52.5 Å². The summed E-state index contributed by atoms with van der Waals surface area (Å²) in [5, 5.41) is 6.88. The fourth-order valence-corrected chi connectivity index (χ4v) is 3.34. The van der Waals surface area contributed by atoms with Gasteiger partial charge in [0.25, 0.3) is 0 Å². The molecule has 0 unspecified atom stereocenters. The standard InChI is InChI=1S/C18H26N4O3/c1-12-11-20-18(15-4-8-24-9-5-15)22(12)7-6-19-17(23)10-16-13(2)21-25-14(16)3/h11,15H,4-10H2,1-3H3,(H,19,23). The van der Waals surface area contributed by atoms with Crippen LogP contribution in [-0.4, -0.2) is 40.4 Å². The molecule has 1 amide bonds. The van der Waals surface area contributed by atoms with Crippen LogP contribution in [0, 0.1) is 20.8 Å². The molecule has 3 rings (SSSR count). The minimum absolute atomic E-state index is 0.0141. The Labute approximate surface area is 147 Å². The van der Waals surface area contributed by atoms with Crippen LogP contribution in [0.2, 0.25) is 0 Å². The molecule has 0 saturated carbocycles. The predicted molar refractivity (Wildman–Crippen MR) is 92.4 cm³/mol. The maximum atomic E-state index is 12.2. The number of hydrogen-bond donors (Lipinski definition) is 1. The van der Waals surface area contributed by atoms with Gasteiger partial charge in [-0.2, -0.15) is 0 Å². The van der Waals surface area contributed by atoms with Crippen molar-refractivity contribution in [1.82, 2.24) is 20.0 Å². The van der Waals surface area contributed by atoms with Crippen molar-refractivity contribution in [3.8, 4) is 0 Å². The Hall–Kier alpha value is -2.15. The number of nitrogens with zero attached hydrogens (tertiary/aromatic N) is 3. The molecule has 7 nitrogen and oxygen atoms in total. The van der Waals surface area contributed by atoms with Gasteiger partial charge in [0, 0.05) is 49.7 Å². The highest BCUT2D eigenvalue weighted by Crippen LogP contribution is 2.26. The van der Waals surface area contributed by atoms with Gasteiger partial charge in [0.2, 0.25) is 5.91 Å². The Morgan fingerprint density at radius 3 is 2.76 bits per heavy atom. The van der Waals surface area contributed by atoms with Gasteiger partial charge in [0.1, 0.15) is 11.6 Å². The van der Waals surface area contributed by atoms with E-state index in [0.717, 1.165) is 55.4 Å². The van der Waals surface area contributed by atoms with Gasteiger partial charge in [0.05, 0.1) is 12.1 Å². The summed E-state index contributed by atoms with van der Waals surface area (Å²) in [5.41, 5.74) is 2.78. The number of amides is 1. The van der Waals surface area contributed by atoms with E-state index in [9.17, 15) is 4.79 Å². The van der Waals surface area contributed by atoms with E-state index < -0.39 is 0 Å². The Morgan fingerprint density at radius 1 is 1.32 bits per heavy atom. The van der Waals surface area contributed by atoms with E-state index in [-0.39, 0.29) is 5.91 Å². The van der Waals surface area contributed by atoms with Crippen LogP contribution in [0.15, 0.2) is 10.7 Å². The topological polar surface area (TPSA) is 82.2 Å². The summed E-state index contributed by atoms with van der Waals surface area (Å²) >= 11 is 0. The molecule has 0 spiro atoms. The molecule has 0 aromatic carbocycles. The van der Waals surface area contributed by atoms with Crippen LogP contribution in [0.4, 0.5) is 0 Å². The molecule has 1 N–H and O–H groups in total. The summed E-state index contributed by atoms with van der Waals surface area (Å²) in [7, 11) is 0. The zero-order valence-electron chi connectivity index (χ0n) is 15.2. The van der Waals surface area contributed by atoms with E-state index in [4.69, 9.17) is 9.26 Å². The molecular formula is C18H26N4O3. The summed E-state index contributed by atoms with van der Waals surface area (Å²) in [5.74, 6) is 2.25. The van der Waals surface area contributed by atoms with Gasteiger partial charge in [-0.05, 0) is 33.6 Å². The highest BCUT2D eigenvalue weighted by Gasteiger charge is 2.21. The van der Waals surface area contributed by atoms with E-state index >= 15 is 0 Å². The van der Waals surface area contributed by atoms with Crippen molar-refractivity contribution in [3.05, 3.63) is 34.7 Å². The van der Waals surface area contributed by atoms with Gasteiger partial charge < -0.3 is 19.1 Å². The second kappa shape index (κ2) is 7.82. The number of carbonyl (C=O) groups excluding carboxylic acids is 1. The summed E-state index contributed by atoms with van der Waals surface area (Å²) in [6, 6.07) is 0. The third kappa shape index (κ3) is 4.10. The van der Waals surface area contributed by atoms with E-state index in [1.54, 1.807) is 0 Å². The van der Waals surface area contributed by atoms with E-state index in [1.807, 2.05) is 20.0 Å². The van der Waals surface area contributed by atoms with Gasteiger partial charge in [-0.3, -0.25) is 4.79 Å².